The zero-order valence-electron chi connectivity index (χ0n) is 13.6. The summed E-state index contributed by atoms with van der Waals surface area (Å²) in [4.78, 5) is 12.6. The van der Waals surface area contributed by atoms with Gasteiger partial charge in [0.2, 0.25) is 0 Å². The Hall–Kier alpha value is -0.840. The summed E-state index contributed by atoms with van der Waals surface area (Å²) in [5.41, 5.74) is -0.972. The maximum atomic E-state index is 12.6. The molecule has 0 aromatic rings. The van der Waals surface area contributed by atoms with Crippen molar-refractivity contribution in [2.75, 3.05) is 0 Å². The molecule has 1 aliphatic rings. The van der Waals surface area contributed by atoms with Gasteiger partial charge in [0.25, 0.3) is 0 Å². The van der Waals surface area contributed by atoms with Gasteiger partial charge in [0, 0.05) is 5.41 Å². The van der Waals surface area contributed by atoms with Crippen LogP contribution in [0.15, 0.2) is 0 Å². The van der Waals surface area contributed by atoms with Crippen LogP contribution in [0.3, 0.4) is 0 Å². The highest BCUT2D eigenvalue weighted by molar-refractivity contribution is 5.92. The number of hydrogen-bond donors (Lipinski definition) is 0. The normalized spacial score (nSPS) is 25.4. The van der Waals surface area contributed by atoms with Crippen LogP contribution in [-0.4, -0.2) is 5.78 Å². The summed E-state index contributed by atoms with van der Waals surface area (Å²) in [6, 6.07) is 2.38. The monoisotopic (exact) mass is 277 g/mol. The first-order chi connectivity index (χ1) is 9.48. The molecule has 0 bridgehead atoms. The molecule has 0 radical (unpaired) electrons. The fourth-order valence-electron chi connectivity index (χ4n) is 3.49. The van der Waals surface area contributed by atoms with Crippen molar-refractivity contribution in [1.82, 2.24) is 0 Å². The van der Waals surface area contributed by atoms with Crippen LogP contribution in [0.25, 0.3) is 0 Å². The lowest BCUT2D eigenvalue weighted by atomic mass is 9.61. The fourth-order valence-corrected chi connectivity index (χ4v) is 3.49. The molecule has 0 aromatic heterocycles. The third-order valence-corrected chi connectivity index (χ3v) is 4.88. The minimum atomic E-state index is -0.675. The van der Waals surface area contributed by atoms with E-state index < -0.39 is 5.41 Å². The molecular formula is C18H31NO. The number of nitrogens with zero attached hydrogens (tertiary/aromatic N) is 1. The highest BCUT2D eigenvalue weighted by Gasteiger charge is 2.48. The lowest BCUT2D eigenvalue weighted by Gasteiger charge is -2.39. The average Bonchev–Trinajstić information content (AvgIpc) is 2.42. The van der Waals surface area contributed by atoms with Gasteiger partial charge in [-0.25, -0.2) is 0 Å². The SMILES string of the molecule is CCCCCCCCCC1(C#N)CCCC(C)(C)C1=O. The van der Waals surface area contributed by atoms with Gasteiger partial charge in [0.05, 0.1) is 6.07 Å². The number of carbonyl (C=O) groups is 1. The average molecular weight is 277 g/mol. The molecule has 2 heteroatoms. The summed E-state index contributed by atoms with van der Waals surface area (Å²) in [5.74, 6) is 0.199. The van der Waals surface area contributed by atoms with E-state index in [9.17, 15) is 10.1 Å². The van der Waals surface area contributed by atoms with Gasteiger partial charge < -0.3 is 0 Å². The molecule has 1 fully saturated rings. The summed E-state index contributed by atoms with van der Waals surface area (Å²) >= 11 is 0. The van der Waals surface area contributed by atoms with E-state index in [1.165, 1.54) is 38.5 Å². The van der Waals surface area contributed by atoms with Gasteiger partial charge in [-0.1, -0.05) is 72.1 Å². The first-order valence-corrected chi connectivity index (χ1v) is 8.45. The summed E-state index contributed by atoms with van der Waals surface area (Å²) in [6.07, 6.45) is 12.2. The third kappa shape index (κ3) is 4.33. The van der Waals surface area contributed by atoms with Crippen molar-refractivity contribution in [3.63, 3.8) is 0 Å². The number of unbranched alkanes of at least 4 members (excludes halogenated alkanes) is 6. The van der Waals surface area contributed by atoms with Gasteiger partial charge in [0.1, 0.15) is 5.41 Å². The summed E-state index contributed by atoms with van der Waals surface area (Å²) in [6.45, 7) is 6.24. The van der Waals surface area contributed by atoms with Crippen molar-refractivity contribution in [3.8, 4) is 6.07 Å². The Bertz CT molecular complexity index is 353. The van der Waals surface area contributed by atoms with E-state index in [1.807, 2.05) is 13.8 Å². The molecule has 20 heavy (non-hydrogen) atoms. The van der Waals surface area contributed by atoms with Crippen LogP contribution in [0.2, 0.25) is 0 Å². The van der Waals surface area contributed by atoms with Gasteiger partial charge in [-0.3, -0.25) is 4.79 Å². The van der Waals surface area contributed by atoms with Crippen LogP contribution in [0.1, 0.15) is 91.4 Å². The van der Waals surface area contributed by atoms with Crippen molar-refractivity contribution >= 4 is 5.78 Å². The van der Waals surface area contributed by atoms with Crippen LogP contribution in [0.5, 0.6) is 0 Å². The molecule has 0 amide bonds. The minimum absolute atomic E-state index is 0.199. The van der Waals surface area contributed by atoms with E-state index in [0.29, 0.717) is 0 Å². The molecule has 0 aromatic carbocycles. The second-order valence-electron chi connectivity index (χ2n) is 7.13. The number of nitriles is 1. The topological polar surface area (TPSA) is 40.9 Å². The van der Waals surface area contributed by atoms with Crippen LogP contribution >= 0.6 is 0 Å². The smallest absolute Gasteiger partial charge is 0.158 e. The molecular weight excluding hydrogens is 246 g/mol. The van der Waals surface area contributed by atoms with E-state index in [-0.39, 0.29) is 11.2 Å². The zero-order valence-corrected chi connectivity index (χ0v) is 13.6. The summed E-state index contributed by atoms with van der Waals surface area (Å²) in [5, 5.41) is 9.55. The Morgan fingerprint density at radius 1 is 1.05 bits per heavy atom. The van der Waals surface area contributed by atoms with E-state index in [2.05, 4.69) is 13.0 Å². The molecule has 0 aliphatic heterocycles. The second kappa shape index (κ2) is 7.81. The number of Topliss-reactive ketones (excluding diaryl/α,β-unsaturated/α-hetero) is 1. The van der Waals surface area contributed by atoms with Gasteiger partial charge in [-0.2, -0.15) is 5.26 Å². The molecule has 114 valence electrons. The molecule has 1 saturated carbocycles. The first-order valence-electron chi connectivity index (χ1n) is 8.45. The lowest BCUT2D eigenvalue weighted by molar-refractivity contribution is -0.138. The highest BCUT2D eigenvalue weighted by Crippen LogP contribution is 2.45. The van der Waals surface area contributed by atoms with Crippen molar-refractivity contribution in [3.05, 3.63) is 0 Å². The maximum Gasteiger partial charge on any atom is 0.158 e. The Kier molecular flexibility index (Phi) is 6.72. The van der Waals surface area contributed by atoms with E-state index in [0.717, 1.165) is 32.1 Å². The predicted octanol–water partition coefficient (Wildman–Crippen LogP) is 5.42. The Morgan fingerprint density at radius 2 is 1.65 bits per heavy atom. The molecule has 0 heterocycles. The molecule has 0 saturated heterocycles. The van der Waals surface area contributed by atoms with Crippen molar-refractivity contribution in [2.45, 2.75) is 91.4 Å². The van der Waals surface area contributed by atoms with Crippen LogP contribution < -0.4 is 0 Å². The van der Waals surface area contributed by atoms with Crippen molar-refractivity contribution in [1.29, 1.82) is 5.26 Å². The number of rotatable bonds is 8. The largest absolute Gasteiger partial charge is 0.297 e. The molecule has 1 rings (SSSR count). The fraction of sp³-hybridized carbons (Fsp3) is 0.889. The van der Waals surface area contributed by atoms with Crippen molar-refractivity contribution < 1.29 is 4.79 Å². The first kappa shape index (κ1) is 17.2. The quantitative estimate of drug-likeness (QED) is 0.556. The van der Waals surface area contributed by atoms with E-state index in [4.69, 9.17) is 0 Å². The van der Waals surface area contributed by atoms with E-state index in [1.54, 1.807) is 0 Å². The lowest BCUT2D eigenvalue weighted by Crippen LogP contribution is -2.43. The van der Waals surface area contributed by atoms with Gasteiger partial charge in [-0.05, 0) is 19.3 Å². The Labute approximate surface area is 124 Å². The standard InChI is InChI=1S/C18H31NO/c1-4-5-6-7-8-9-10-13-18(15-19)14-11-12-17(2,3)16(18)20/h4-14H2,1-3H3. The molecule has 0 N–H and O–H groups in total. The molecule has 1 unspecified atom stereocenters. The van der Waals surface area contributed by atoms with Gasteiger partial charge in [0.15, 0.2) is 5.78 Å². The Morgan fingerprint density at radius 3 is 2.25 bits per heavy atom. The summed E-state index contributed by atoms with van der Waals surface area (Å²) in [7, 11) is 0. The summed E-state index contributed by atoms with van der Waals surface area (Å²) < 4.78 is 0. The molecule has 1 atom stereocenters. The van der Waals surface area contributed by atoms with Gasteiger partial charge in [-0.15, -0.1) is 0 Å². The molecule has 1 aliphatic carbocycles. The maximum absolute atomic E-state index is 12.6. The molecule has 2 nitrogen and oxygen atoms in total. The van der Waals surface area contributed by atoms with Crippen LogP contribution in [0, 0.1) is 22.2 Å². The highest BCUT2D eigenvalue weighted by atomic mass is 16.1. The number of carbonyl (C=O) groups excluding carboxylic acids is 1. The van der Waals surface area contributed by atoms with Gasteiger partial charge >= 0.3 is 0 Å². The minimum Gasteiger partial charge on any atom is -0.297 e. The molecule has 0 spiro atoms. The number of ketones is 1. The van der Waals surface area contributed by atoms with Crippen LogP contribution in [0.4, 0.5) is 0 Å². The van der Waals surface area contributed by atoms with Crippen LogP contribution in [-0.2, 0) is 4.79 Å². The van der Waals surface area contributed by atoms with E-state index >= 15 is 0 Å². The third-order valence-electron chi connectivity index (χ3n) is 4.88. The number of hydrogen-bond acceptors (Lipinski definition) is 2. The Balaban J connectivity index is 2.39. The van der Waals surface area contributed by atoms with Crippen molar-refractivity contribution in [2.24, 2.45) is 10.8 Å². The zero-order chi connectivity index (χ0) is 15.1. The second-order valence-corrected chi connectivity index (χ2v) is 7.13. The predicted molar refractivity (Wildman–Crippen MR) is 83.3 cm³/mol.